The summed E-state index contributed by atoms with van der Waals surface area (Å²) in [7, 11) is 1.52. The van der Waals surface area contributed by atoms with Crippen LogP contribution in [-0.4, -0.2) is 24.9 Å². The predicted molar refractivity (Wildman–Crippen MR) is 49.7 cm³/mol. The van der Waals surface area contributed by atoms with Crippen LogP contribution in [0.3, 0.4) is 0 Å². The highest BCUT2D eigenvalue weighted by atomic mass is 16.2. The Kier molecular flexibility index (Phi) is 5.37. The van der Waals surface area contributed by atoms with Gasteiger partial charge in [-0.2, -0.15) is 0 Å². The maximum atomic E-state index is 11.0. The number of likely N-dealkylation sites (N-methyl/N-ethyl adjacent to an activating group) is 1. The standard InChI is InChI=1S/C9H14N2O2/c1-4-5-6-8(12)11-7(2)9(13)10-3/h1,7H,5-6H2,2-3H3,(H,10,13)(H,11,12). The zero-order chi connectivity index (χ0) is 10.3. The van der Waals surface area contributed by atoms with Crippen LogP contribution in [0, 0.1) is 12.3 Å². The number of terminal acetylenes is 1. The average molecular weight is 182 g/mol. The minimum absolute atomic E-state index is 0.200. The Hall–Kier alpha value is -1.50. The summed E-state index contributed by atoms with van der Waals surface area (Å²) in [4.78, 5) is 22.0. The molecule has 13 heavy (non-hydrogen) atoms. The van der Waals surface area contributed by atoms with E-state index in [2.05, 4.69) is 16.6 Å². The van der Waals surface area contributed by atoms with Crippen LogP contribution in [0.25, 0.3) is 0 Å². The van der Waals surface area contributed by atoms with Gasteiger partial charge in [-0.1, -0.05) is 0 Å². The second-order valence-corrected chi connectivity index (χ2v) is 2.61. The van der Waals surface area contributed by atoms with E-state index in [0.29, 0.717) is 6.42 Å². The molecule has 4 heteroatoms. The minimum atomic E-state index is -0.504. The molecule has 1 atom stereocenters. The highest BCUT2D eigenvalue weighted by molar-refractivity contribution is 5.87. The number of carbonyl (C=O) groups excluding carboxylic acids is 2. The fourth-order valence-corrected chi connectivity index (χ4v) is 0.781. The molecule has 0 saturated heterocycles. The second kappa shape index (κ2) is 6.06. The van der Waals surface area contributed by atoms with Crippen molar-refractivity contribution in [1.82, 2.24) is 10.6 Å². The monoisotopic (exact) mass is 182 g/mol. The van der Waals surface area contributed by atoms with Crippen LogP contribution >= 0.6 is 0 Å². The van der Waals surface area contributed by atoms with Crippen molar-refractivity contribution in [3.63, 3.8) is 0 Å². The van der Waals surface area contributed by atoms with Crippen molar-refractivity contribution in [2.45, 2.75) is 25.8 Å². The molecule has 0 aliphatic heterocycles. The first-order valence-electron chi connectivity index (χ1n) is 4.06. The molecule has 1 unspecified atom stereocenters. The first-order valence-corrected chi connectivity index (χ1v) is 4.06. The highest BCUT2D eigenvalue weighted by Crippen LogP contribution is 1.88. The van der Waals surface area contributed by atoms with Crippen molar-refractivity contribution in [3.8, 4) is 12.3 Å². The van der Waals surface area contributed by atoms with Crippen LogP contribution in [0.2, 0.25) is 0 Å². The summed E-state index contributed by atoms with van der Waals surface area (Å²) in [5.41, 5.74) is 0. The van der Waals surface area contributed by atoms with E-state index in [9.17, 15) is 9.59 Å². The van der Waals surface area contributed by atoms with E-state index in [4.69, 9.17) is 6.42 Å². The molecule has 72 valence electrons. The SMILES string of the molecule is C#CCCC(=O)NC(C)C(=O)NC. The number of rotatable bonds is 4. The summed E-state index contributed by atoms with van der Waals surface area (Å²) in [6.07, 6.45) is 5.64. The van der Waals surface area contributed by atoms with Crippen molar-refractivity contribution in [1.29, 1.82) is 0 Å². The number of hydrogen-bond acceptors (Lipinski definition) is 2. The molecule has 0 aromatic heterocycles. The Balaban J connectivity index is 3.79. The summed E-state index contributed by atoms with van der Waals surface area (Å²) in [6.45, 7) is 1.62. The molecule has 0 aromatic rings. The maximum absolute atomic E-state index is 11.0. The van der Waals surface area contributed by atoms with Crippen molar-refractivity contribution in [2.75, 3.05) is 7.05 Å². The maximum Gasteiger partial charge on any atom is 0.242 e. The lowest BCUT2D eigenvalue weighted by atomic mass is 10.2. The smallest absolute Gasteiger partial charge is 0.242 e. The van der Waals surface area contributed by atoms with Gasteiger partial charge in [-0.05, 0) is 6.92 Å². The molecular weight excluding hydrogens is 168 g/mol. The molecule has 0 bridgehead atoms. The summed E-state index contributed by atoms with van der Waals surface area (Å²) in [6, 6.07) is -0.504. The number of amides is 2. The van der Waals surface area contributed by atoms with E-state index in [1.807, 2.05) is 0 Å². The fraction of sp³-hybridized carbons (Fsp3) is 0.556. The lowest BCUT2D eigenvalue weighted by Gasteiger charge is -2.11. The molecule has 0 rings (SSSR count). The third-order valence-electron chi connectivity index (χ3n) is 1.51. The van der Waals surface area contributed by atoms with E-state index in [1.165, 1.54) is 7.05 Å². The lowest BCUT2D eigenvalue weighted by Crippen LogP contribution is -2.43. The number of nitrogens with one attached hydrogen (secondary N) is 2. The molecule has 0 aliphatic carbocycles. The van der Waals surface area contributed by atoms with Gasteiger partial charge < -0.3 is 10.6 Å². The lowest BCUT2D eigenvalue weighted by molar-refractivity contribution is -0.128. The van der Waals surface area contributed by atoms with Gasteiger partial charge in [0.2, 0.25) is 11.8 Å². The fourth-order valence-electron chi connectivity index (χ4n) is 0.781. The Morgan fingerprint density at radius 2 is 2.15 bits per heavy atom. The third-order valence-corrected chi connectivity index (χ3v) is 1.51. The van der Waals surface area contributed by atoms with Gasteiger partial charge in [0.1, 0.15) is 6.04 Å². The van der Waals surface area contributed by atoms with Crippen molar-refractivity contribution >= 4 is 11.8 Å². The Morgan fingerprint density at radius 3 is 2.62 bits per heavy atom. The Bertz CT molecular complexity index is 230. The van der Waals surface area contributed by atoms with Crippen molar-refractivity contribution < 1.29 is 9.59 Å². The summed E-state index contributed by atoms with van der Waals surface area (Å²) in [5, 5.41) is 4.95. The van der Waals surface area contributed by atoms with E-state index in [0.717, 1.165) is 0 Å². The zero-order valence-corrected chi connectivity index (χ0v) is 7.89. The van der Waals surface area contributed by atoms with Crippen LogP contribution < -0.4 is 10.6 Å². The number of hydrogen-bond donors (Lipinski definition) is 2. The van der Waals surface area contributed by atoms with E-state index < -0.39 is 6.04 Å². The molecule has 0 aromatic carbocycles. The van der Waals surface area contributed by atoms with Crippen molar-refractivity contribution in [2.24, 2.45) is 0 Å². The van der Waals surface area contributed by atoms with Crippen LogP contribution in [0.4, 0.5) is 0 Å². The van der Waals surface area contributed by atoms with Crippen LogP contribution in [-0.2, 0) is 9.59 Å². The minimum Gasteiger partial charge on any atom is -0.357 e. The van der Waals surface area contributed by atoms with Crippen LogP contribution in [0.1, 0.15) is 19.8 Å². The molecule has 4 nitrogen and oxygen atoms in total. The second-order valence-electron chi connectivity index (χ2n) is 2.61. The molecule has 2 N–H and O–H groups in total. The molecule has 0 radical (unpaired) electrons. The third kappa shape index (κ3) is 4.86. The quantitative estimate of drug-likeness (QED) is 0.584. The molecule has 0 spiro atoms. The zero-order valence-electron chi connectivity index (χ0n) is 7.89. The molecule has 0 saturated carbocycles. The van der Waals surface area contributed by atoms with Gasteiger partial charge in [-0.15, -0.1) is 12.3 Å². The first-order chi connectivity index (χ1) is 6.11. The molecule has 0 heterocycles. The van der Waals surface area contributed by atoms with Gasteiger partial charge >= 0.3 is 0 Å². The largest absolute Gasteiger partial charge is 0.357 e. The normalized spacial score (nSPS) is 11.2. The molecular formula is C9H14N2O2. The van der Waals surface area contributed by atoms with Gasteiger partial charge in [-0.25, -0.2) is 0 Å². The molecule has 0 aliphatic rings. The van der Waals surface area contributed by atoms with Crippen LogP contribution in [0.15, 0.2) is 0 Å². The Morgan fingerprint density at radius 1 is 1.54 bits per heavy atom. The first kappa shape index (κ1) is 11.5. The van der Waals surface area contributed by atoms with Crippen LogP contribution in [0.5, 0.6) is 0 Å². The number of carbonyl (C=O) groups is 2. The predicted octanol–water partition coefficient (Wildman–Crippen LogP) is -0.350. The Labute approximate surface area is 78.1 Å². The average Bonchev–Trinajstić information content (AvgIpc) is 2.13. The summed E-state index contributed by atoms with van der Waals surface area (Å²) >= 11 is 0. The molecule has 2 amide bonds. The van der Waals surface area contributed by atoms with Gasteiger partial charge in [0.15, 0.2) is 0 Å². The van der Waals surface area contributed by atoms with E-state index >= 15 is 0 Å². The van der Waals surface area contributed by atoms with Gasteiger partial charge in [0, 0.05) is 19.9 Å². The topological polar surface area (TPSA) is 58.2 Å². The van der Waals surface area contributed by atoms with Crippen molar-refractivity contribution in [3.05, 3.63) is 0 Å². The van der Waals surface area contributed by atoms with Gasteiger partial charge in [-0.3, -0.25) is 9.59 Å². The van der Waals surface area contributed by atoms with Gasteiger partial charge in [0.05, 0.1) is 0 Å². The molecule has 0 fully saturated rings. The van der Waals surface area contributed by atoms with E-state index in [-0.39, 0.29) is 18.2 Å². The van der Waals surface area contributed by atoms with E-state index in [1.54, 1.807) is 6.92 Å². The van der Waals surface area contributed by atoms with Gasteiger partial charge in [0.25, 0.3) is 0 Å². The highest BCUT2D eigenvalue weighted by Gasteiger charge is 2.12. The summed E-state index contributed by atoms with van der Waals surface area (Å²) < 4.78 is 0. The summed E-state index contributed by atoms with van der Waals surface area (Å²) in [5.74, 6) is 1.94.